The van der Waals surface area contributed by atoms with Crippen LogP contribution in [0.4, 0.5) is 5.69 Å². The van der Waals surface area contributed by atoms with Crippen LogP contribution in [0.2, 0.25) is 10.0 Å². The summed E-state index contributed by atoms with van der Waals surface area (Å²) in [6, 6.07) is 10.8. The summed E-state index contributed by atoms with van der Waals surface area (Å²) in [6.07, 6.45) is 0. The number of carbonyl (C=O) groups excluding carboxylic acids is 1. The van der Waals surface area contributed by atoms with Crippen molar-refractivity contribution >= 4 is 44.8 Å². The molecule has 158 valence electrons. The Morgan fingerprint density at radius 2 is 1.76 bits per heavy atom. The zero-order valence-corrected chi connectivity index (χ0v) is 18.9. The van der Waals surface area contributed by atoms with E-state index in [4.69, 9.17) is 23.2 Å². The van der Waals surface area contributed by atoms with Crippen molar-refractivity contribution in [2.24, 2.45) is 0 Å². The first-order valence-corrected chi connectivity index (χ1v) is 11.5. The molecule has 29 heavy (non-hydrogen) atoms. The van der Waals surface area contributed by atoms with Gasteiger partial charge in [0.2, 0.25) is 0 Å². The summed E-state index contributed by atoms with van der Waals surface area (Å²) in [6.45, 7) is 8.52. The van der Waals surface area contributed by atoms with Crippen molar-refractivity contribution in [1.82, 2.24) is 10.2 Å². The molecule has 0 heterocycles. The molecule has 0 spiro atoms. The number of amides is 1. The summed E-state index contributed by atoms with van der Waals surface area (Å²) in [5.41, 5.74) is 0.760. The molecule has 0 bridgehead atoms. The minimum absolute atomic E-state index is 0.0698. The number of anilines is 1. The number of carbonyl (C=O) groups is 1. The van der Waals surface area contributed by atoms with Gasteiger partial charge in [-0.15, -0.1) is 0 Å². The molecule has 2 N–H and O–H groups in total. The van der Waals surface area contributed by atoms with Crippen LogP contribution in [0.3, 0.4) is 0 Å². The Morgan fingerprint density at radius 1 is 1.10 bits per heavy atom. The number of hydrogen-bond acceptors (Lipinski definition) is 4. The van der Waals surface area contributed by atoms with E-state index >= 15 is 0 Å². The van der Waals surface area contributed by atoms with Gasteiger partial charge in [0.05, 0.1) is 5.02 Å². The maximum atomic E-state index is 12.5. The summed E-state index contributed by atoms with van der Waals surface area (Å²) < 4.78 is 27.5. The highest BCUT2D eigenvalue weighted by molar-refractivity contribution is 7.92. The first-order chi connectivity index (χ1) is 13.6. The van der Waals surface area contributed by atoms with E-state index in [0.717, 1.165) is 13.1 Å². The predicted molar refractivity (Wildman–Crippen MR) is 118 cm³/mol. The van der Waals surface area contributed by atoms with Crippen LogP contribution in [0, 0.1) is 0 Å². The van der Waals surface area contributed by atoms with Gasteiger partial charge < -0.3 is 5.32 Å². The van der Waals surface area contributed by atoms with Gasteiger partial charge in [0.15, 0.2) is 0 Å². The maximum absolute atomic E-state index is 12.5. The highest BCUT2D eigenvalue weighted by Gasteiger charge is 2.19. The Balaban J connectivity index is 2.01. The van der Waals surface area contributed by atoms with Crippen LogP contribution in [0.5, 0.6) is 0 Å². The molecule has 0 aromatic heterocycles. The van der Waals surface area contributed by atoms with Crippen LogP contribution in [0.15, 0.2) is 47.4 Å². The largest absolute Gasteiger partial charge is 0.351 e. The van der Waals surface area contributed by atoms with E-state index in [1.54, 1.807) is 12.1 Å². The van der Waals surface area contributed by atoms with Crippen molar-refractivity contribution < 1.29 is 13.2 Å². The van der Waals surface area contributed by atoms with Crippen LogP contribution >= 0.6 is 23.2 Å². The molecule has 0 saturated heterocycles. The fraction of sp³-hybridized carbons (Fsp3) is 0.350. The van der Waals surface area contributed by atoms with E-state index in [1.165, 1.54) is 30.3 Å². The van der Waals surface area contributed by atoms with Gasteiger partial charge in [0.25, 0.3) is 15.9 Å². The first-order valence-electron chi connectivity index (χ1n) is 9.24. The lowest BCUT2D eigenvalue weighted by Crippen LogP contribution is -2.38. The number of hydrogen-bond donors (Lipinski definition) is 2. The summed E-state index contributed by atoms with van der Waals surface area (Å²) in [5, 5.41) is 3.21. The standard InChI is InChI=1S/C20H25Cl2N3O3S/c1-4-25(14(2)3)12-11-23-20(26)15-5-8-17(9-6-15)24-29(27,28)19-13-16(21)7-10-18(19)22/h5-10,13-14,24H,4,11-12H2,1-3H3,(H,23,26). The van der Waals surface area contributed by atoms with E-state index in [-0.39, 0.29) is 20.8 Å². The predicted octanol–water partition coefficient (Wildman–Crippen LogP) is 4.25. The van der Waals surface area contributed by atoms with Crippen molar-refractivity contribution in [1.29, 1.82) is 0 Å². The van der Waals surface area contributed by atoms with Crippen molar-refractivity contribution in [2.75, 3.05) is 24.4 Å². The molecule has 0 aliphatic heterocycles. The summed E-state index contributed by atoms with van der Waals surface area (Å²) in [7, 11) is -3.91. The van der Waals surface area contributed by atoms with Crippen LogP contribution in [0.25, 0.3) is 0 Å². The van der Waals surface area contributed by atoms with Crippen LogP contribution < -0.4 is 10.0 Å². The van der Waals surface area contributed by atoms with Crippen molar-refractivity contribution in [3.05, 3.63) is 58.1 Å². The molecule has 1 amide bonds. The number of likely N-dealkylation sites (N-methyl/N-ethyl adjacent to an activating group) is 1. The molecule has 0 aliphatic rings. The molecule has 6 nitrogen and oxygen atoms in total. The monoisotopic (exact) mass is 457 g/mol. The molecule has 0 unspecified atom stereocenters. The fourth-order valence-electron chi connectivity index (χ4n) is 2.78. The molecule has 2 aromatic carbocycles. The average Bonchev–Trinajstić information content (AvgIpc) is 2.66. The van der Waals surface area contributed by atoms with Gasteiger partial charge in [0.1, 0.15) is 4.90 Å². The Kier molecular flexibility index (Phi) is 8.34. The zero-order chi connectivity index (χ0) is 21.6. The van der Waals surface area contributed by atoms with Gasteiger partial charge in [-0.3, -0.25) is 14.4 Å². The van der Waals surface area contributed by atoms with Gasteiger partial charge in [-0.05, 0) is 62.9 Å². The number of benzene rings is 2. The summed E-state index contributed by atoms with van der Waals surface area (Å²) in [5.74, 6) is -0.211. The van der Waals surface area contributed by atoms with Crippen LogP contribution in [0.1, 0.15) is 31.1 Å². The minimum atomic E-state index is -3.91. The van der Waals surface area contributed by atoms with E-state index in [2.05, 4.69) is 35.7 Å². The maximum Gasteiger partial charge on any atom is 0.263 e. The SMILES string of the molecule is CCN(CCNC(=O)c1ccc(NS(=O)(=O)c2cc(Cl)ccc2Cl)cc1)C(C)C. The third-order valence-corrected chi connectivity index (χ3v) is 6.50. The van der Waals surface area contributed by atoms with Gasteiger partial charge in [-0.25, -0.2) is 8.42 Å². The van der Waals surface area contributed by atoms with Gasteiger partial charge >= 0.3 is 0 Å². The molecule has 0 fully saturated rings. The molecule has 2 rings (SSSR count). The lowest BCUT2D eigenvalue weighted by Gasteiger charge is -2.24. The Bertz CT molecular complexity index is 948. The molecular formula is C20H25Cl2N3O3S. The fourth-order valence-corrected chi connectivity index (χ4v) is 4.60. The van der Waals surface area contributed by atoms with Gasteiger partial charge in [-0.2, -0.15) is 0 Å². The molecule has 0 aliphatic carbocycles. The number of nitrogens with one attached hydrogen (secondary N) is 2. The zero-order valence-electron chi connectivity index (χ0n) is 16.6. The van der Waals surface area contributed by atoms with Crippen molar-refractivity contribution in [3.63, 3.8) is 0 Å². The molecule has 0 atom stereocenters. The van der Waals surface area contributed by atoms with E-state index in [1.807, 2.05) is 0 Å². The molecular weight excluding hydrogens is 433 g/mol. The third-order valence-electron chi connectivity index (χ3n) is 4.40. The molecule has 2 aromatic rings. The second-order valence-electron chi connectivity index (χ2n) is 6.74. The number of nitrogens with zero attached hydrogens (tertiary/aromatic N) is 1. The highest BCUT2D eigenvalue weighted by Crippen LogP contribution is 2.26. The molecule has 0 saturated carbocycles. The van der Waals surface area contributed by atoms with Crippen LogP contribution in [-0.2, 0) is 10.0 Å². The second-order valence-corrected chi connectivity index (χ2v) is 9.23. The average molecular weight is 458 g/mol. The highest BCUT2D eigenvalue weighted by atomic mass is 35.5. The molecule has 9 heteroatoms. The Morgan fingerprint density at radius 3 is 2.34 bits per heavy atom. The Labute approximate surface area is 182 Å². The minimum Gasteiger partial charge on any atom is -0.351 e. The summed E-state index contributed by atoms with van der Waals surface area (Å²) in [4.78, 5) is 14.4. The number of halogens is 2. The number of rotatable bonds is 9. The number of sulfonamides is 1. The smallest absolute Gasteiger partial charge is 0.263 e. The lowest BCUT2D eigenvalue weighted by molar-refractivity contribution is 0.0946. The van der Waals surface area contributed by atoms with Crippen molar-refractivity contribution in [3.8, 4) is 0 Å². The first kappa shape index (κ1) is 23.5. The lowest BCUT2D eigenvalue weighted by atomic mass is 10.2. The van der Waals surface area contributed by atoms with E-state index in [9.17, 15) is 13.2 Å². The van der Waals surface area contributed by atoms with E-state index in [0.29, 0.717) is 23.8 Å². The topological polar surface area (TPSA) is 78.5 Å². The normalized spacial score (nSPS) is 11.7. The van der Waals surface area contributed by atoms with Crippen molar-refractivity contribution in [2.45, 2.75) is 31.7 Å². The Hall–Kier alpha value is -1.80. The third kappa shape index (κ3) is 6.60. The van der Waals surface area contributed by atoms with Crippen LogP contribution in [-0.4, -0.2) is 44.9 Å². The van der Waals surface area contributed by atoms with E-state index < -0.39 is 10.0 Å². The van der Waals surface area contributed by atoms with Gasteiger partial charge in [0, 0.05) is 35.4 Å². The second kappa shape index (κ2) is 10.3. The molecule has 0 radical (unpaired) electrons. The van der Waals surface area contributed by atoms with Gasteiger partial charge in [-0.1, -0.05) is 30.1 Å². The quantitative estimate of drug-likeness (QED) is 0.589. The summed E-state index contributed by atoms with van der Waals surface area (Å²) >= 11 is 11.9.